The summed E-state index contributed by atoms with van der Waals surface area (Å²) in [7, 11) is 0. The number of aromatic amines is 1. The molecule has 0 aliphatic carbocycles. The Labute approximate surface area is 168 Å². The molecule has 2 heterocycles. The predicted molar refractivity (Wildman–Crippen MR) is 119 cm³/mol. The fraction of sp³-hybridized carbons (Fsp3) is 0.115. The van der Waals surface area contributed by atoms with Crippen LogP contribution in [0.3, 0.4) is 0 Å². The first-order chi connectivity index (χ1) is 14.2. The predicted octanol–water partition coefficient (Wildman–Crippen LogP) is 6.56. The summed E-state index contributed by atoms with van der Waals surface area (Å²) in [6.07, 6.45) is 1.83. The van der Waals surface area contributed by atoms with Crippen molar-refractivity contribution in [1.29, 1.82) is 0 Å². The van der Waals surface area contributed by atoms with Crippen LogP contribution < -0.4 is 5.63 Å². The van der Waals surface area contributed by atoms with E-state index in [1.165, 1.54) is 5.56 Å². The first-order valence-electron chi connectivity index (χ1n) is 9.98. The number of fused-ring (bicyclic) bond motifs is 2. The second-order valence-electron chi connectivity index (χ2n) is 7.34. The van der Waals surface area contributed by atoms with Gasteiger partial charge in [-0.05, 0) is 29.2 Å². The van der Waals surface area contributed by atoms with Crippen molar-refractivity contribution in [2.45, 2.75) is 19.8 Å². The third-order valence-corrected chi connectivity index (χ3v) is 5.39. The molecule has 142 valence electrons. The number of aromatic nitrogens is 1. The van der Waals surface area contributed by atoms with Crippen LogP contribution in [0, 0.1) is 0 Å². The molecule has 0 saturated heterocycles. The van der Waals surface area contributed by atoms with Gasteiger partial charge >= 0.3 is 5.63 Å². The molecular formula is C26H21NO2. The Hall–Kier alpha value is -3.59. The van der Waals surface area contributed by atoms with Crippen LogP contribution in [0.4, 0.5) is 0 Å². The van der Waals surface area contributed by atoms with Gasteiger partial charge in [0.1, 0.15) is 5.58 Å². The largest absolute Gasteiger partial charge is 0.423 e. The van der Waals surface area contributed by atoms with Crippen LogP contribution in [-0.4, -0.2) is 4.98 Å². The van der Waals surface area contributed by atoms with Gasteiger partial charge < -0.3 is 9.40 Å². The molecule has 3 nitrogen and oxygen atoms in total. The van der Waals surface area contributed by atoms with Crippen molar-refractivity contribution in [1.82, 2.24) is 4.98 Å². The maximum absolute atomic E-state index is 12.1. The fourth-order valence-corrected chi connectivity index (χ4v) is 4.12. The molecule has 0 unspecified atom stereocenters. The maximum atomic E-state index is 12.1. The zero-order valence-corrected chi connectivity index (χ0v) is 16.2. The Morgan fingerprint density at radius 2 is 1.52 bits per heavy atom. The molecule has 29 heavy (non-hydrogen) atoms. The van der Waals surface area contributed by atoms with Gasteiger partial charge in [0.15, 0.2) is 0 Å². The minimum atomic E-state index is -0.293. The van der Waals surface area contributed by atoms with E-state index in [0.717, 1.165) is 51.5 Å². The summed E-state index contributed by atoms with van der Waals surface area (Å²) >= 11 is 0. The van der Waals surface area contributed by atoms with Crippen molar-refractivity contribution >= 4 is 21.9 Å². The number of hydrogen-bond donors (Lipinski definition) is 1. The average molecular weight is 379 g/mol. The number of aryl methyl sites for hydroxylation is 1. The van der Waals surface area contributed by atoms with E-state index in [9.17, 15) is 4.79 Å². The van der Waals surface area contributed by atoms with Crippen LogP contribution in [0.15, 0.2) is 88.1 Å². The van der Waals surface area contributed by atoms with E-state index in [0.29, 0.717) is 5.58 Å². The Balaban J connectivity index is 1.89. The normalized spacial score (nSPS) is 11.3. The molecule has 0 atom stereocenters. The summed E-state index contributed by atoms with van der Waals surface area (Å²) in [5, 5.41) is 2.14. The highest BCUT2D eigenvalue weighted by atomic mass is 16.4. The summed E-state index contributed by atoms with van der Waals surface area (Å²) in [5.74, 6) is 0. The number of benzene rings is 3. The SMILES string of the molecule is CCCc1cc(=O)oc2cc3[nH]c(-c4ccccc4)c(-c4ccccc4)c3cc12. The van der Waals surface area contributed by atoms with Gasteiger partial charge in [0.05, 0.1) is 11.2 Å². The molecule has 0 radical (unpaired) electrons. The van der Waals surface area contributed by atoms with Gasteiger partial charge in [0.2, 0.25) is 0 Å². The minimum Gasteiger partial charge on any atom is -0.423 e. The zero-order valence-electron chi connectivity index (χ0n) is 16.2. The number of H-pyrrole nitrogens is 1. The molecule has 0 spiro atoms. The molecular weight excluding hydrogens is 358 g/mol. The lowest BCUT2D eigenvalue weighted by molar-refractivity contribution is 0.559. The Bertz CT molecular complexity index is 1360. The van der Waals surface area contributed by atoms with Crippen molar-refractivity contribution in [2.24, 2.45) is 0 Å². The van der Waals surface area contributed by atoms with Crippen LogP contribution in [0.2, 0.25) is 0 Å². The highest BCUT2D eigenvalue weighted by Gasteiger charge is 2.17. The molecule has 0 aliphatic rings. The molecule has 0 amide bonds. The smallest absolute Gasteiger partial charge is 0.336 e. The second kappa shape index (κ2) is 7.10. The topological polar surface area (TPSA) is 46.0 Å². The third-order valence-electron chi connectivity index (χ3n) is 5.39. The van der Waals surface area contributed by atoms with Gasteiger partial charge in [-0.25, -0.2) is 4.79 Å². The molecule has 5 aromatic rings. The first kappa shape index (κ1) is 17.5. The van der Waals surface area contributed by atoms with E-state index in [4.69, 9.17) is 4.42 Å². The van der Waals surface area contributed by atoms with Gasteiger partial charge in [-0.15, -0.1) is 0 Å². The molecule has 5 rings (SSSR count). The van der Waals surface area contributed by atoms with Crippen molar-refractivity contribution in [3.05, 3.63) is 94.8 Å². The van der Waals surface area contributed by atoms with Crippen molar-refractivity contribution < 1.29 is 4.42 Å². The van der Waals surface area contributed by atoms with Gasteiger partial charge in [-0.3, -0.25) is 0 Å². The van der Waals surface area contributed by atoms with E-state index in [1.54, 1.807) is 6.07 Å². The molecule has 0 bridgehead atoms. The number of hydrogen-bond acceptors (Lipinski definition) is 2. The van der Waals surface area contributed by atoms with Gasteiger partial charge in [0, 0.05) is 28.5 Å². The molecule has 3 aromatic carbocycles. The highest BCUT2D eigenvalue weighted by molar-refractivity contribution is 6.08. The first-order valence-corrected chi connectivity index (χ1v) is 9.98. The summed E-state index contributed by atoms with van der Waals surface area (Å²) < 4.78 is 5.54. The third kappa shape index (κ3) is 3.05. The van der Waals surface area contributed by atoms with E-state index < -0.39 is 0 Å². The van der Waals surface area contributed by atoms with Crippen LogP contribution >= 0.6 is 0 Å². The Kier molecular flexibility index (Phi) is 4.28. The summed E-state index contributed by atoms with van der Waals surface area (Å²) in [6.45, 7) is 2.12. The molecule has 3 heteroatoms. The molecule has 0 fully saturated rings. The zero-order chi connectivity index (χ0) is 19.8. The summed E-state index contributed by atoms with van der Waals surface area (Å²) in [6, 6.07) is 26.5. The van der Waals surface area contributed by atoms with Crippen LogP contribution in [0.25, 0.3) is 44.3 Å². The Morgan fingerprint density at radius 1 is 0.828 bits per heavy atom. The average Bonchev–Trinajstić information content (AvgIpc) is 3.12. The number of nitrogens with one attached hydrogen (secondary N) is 1. The fourth-order valence-electron chi connectivity index (χ4n) is 4.12. The van der Waals surface area contributed by atoms with E-state index in [-0.39, 0.29) is 5.63 Å². The second-order valence-corrected chi connectivity index (χ2v) is 7.34. The Morgan fingerprint density at radius 3 is 2.21 bits per heavy atom. The van der Waals surface area contributed by atoms with Crippen molar-refractivity contribution in [3.63, 3.8) is 0 Å². The highest BCUT2D eigenvalue weighted by Crippen LogP contribution is 2.40. The maximum Gasteiger partial charge on any atom is 0.336 e. The quantitative estimate of drug-likeness (QED) is 0.359. The van der Waals surface area contributed by atoms with Crippen molar-refractivity contribution in [2.75, 3.05) is 0 Å². The van der Waals surface area contributed by atoms with Crippen LogP contribution in [0.5, 0.6) is 0 Å². The van der Waals surface area contributed by atoms with Gasteiger partial charge in [0.25, 0.3) is 0 Å². The number of rotatable bonds is 4. The van der Waals surface area contributed by atoms with E-state index in [1.807, 2.05) is 30.3 Å². The molecule has 0 saturated carbocycles. The lowest BCUT2D eigenvalue weighted by atomic mass is 9.96. The van der Waals surface area contributed by atoms with Crippen LogP contribution in [-0.2, 0) is 6.42 Å². The van der Waals surface area contributed by atoms with E-state index >= 15 is 0 Å². The summed E-state index contributed by atoms with van der Waals surface area (Å²) in [4.78, 5) is 15.6. The minimum absolute atomic E-state index is 0.293. The van der Waals surface area contributed by atoms with Crippen molar-refractivity contribution in [3.8, 4) is 22.4 Å². The monoisotopic (exact) mass is 379 g/mol. The molecule has 0 aliphatic heterocycles. The van der Waals surface area contributed by atoms with E-state index in [2.05, 4.69) is 54.4 Å². The molecule has 1 N–H and O–H groups in total. The standard InChI is InChI=1S/C26H21NO2/c1-2-9-19-14-24(28)29-23-16-22-21(15-20(19)23)25(17-10-5-3-6-11-17)26(27-22)18-12-7-4-8-13-18/h3-8,10-16,27H,2,9H2,1H3. The van der Waals surface area contributed by atoms with Gasteiger partial charge in [-0.1, -0.05) is 74.0 Å². The molecule has 2 aromatic heterocycles. The van der Waals surface area contributed by atoms with Gasteiger partial charge in [-0.2, -0.15) is 0 Å². The van der Waals surface area contributed by atoms with Crippen LogP contribution in [0.1, 0.15) is 18.9 Å². The summed E-state index contributed by atoms with van der Waals surface area (Å²) in [5.41, 5.74) is 6.87. The lowest BCUT2D eigenvalue weighted by Gasteiger charge is -2.07. The lowest BCUT2D eigenvalue weighted by Crippen LogP contribution is -2.00.